The van der Waals surface area contributed by atoms with Gasteiger partial charge in [0.1, 0.15) is 29.5 Å². The van der Waals surface area contributed by atoms with Crippen molar-refractivity contribution in [2.24, 2.45) is 5.73 Å². The van der Waals surface area contributed by atoms with Crippen LogP contribution in [0.15, 0.2) is 97.1 Å². The highest BCUT2D eigenvalue weighted by molar-refractivity contribution is 6.05. The summed E-state index contributed by atoms with van der Waals surface area (Å²) in [7, 11) is 1.25. The van der Waals surface area contributed by atoms with Crippen molar-refractivity contribution in [3.63, 3.8) is 0 Å². The molecule has 15 nitrogen and oxygen atoms in total. The van der Waals surface area contributed by atoms with Crippen LogP contribution < -0.4 is 20.5 Å². The van der Waals surface area contributed by atoms with Crippen LogP contribution in [0.3, 0.4) is 0 Å². The first-order valence-electron chi connectivity index (χ1n) is 16.1. The number of esters is 1. The number of carboxylic acids is 2. The maximum atomic E-state index is 12.1. The number of carbonyl (C=O) groups excluding carboxylic acids is 2. The fourth-order valence-corrected chi connectivity index (χ4v) is 5.05. The molecule has 6 rings (SSSR count). The van der Waals surface area contributed by atoms with E-state index >= 15 is 0 Å². The molecule has 0 saturated heterocycles. The quantitative estimate of drug-likeness (QED) is 0.0883. The molecule has 0 radical (unpaired) electrons. The number of nitrogens with two attached hydrogens (primary N) is 1. The number of rotatable bonds is 9. The third-order valence-corrected chi connectivity index (χ3v) is 7.40. The minimum absolute atomic E-state index is 0. The molecule has 0 bridgehead atoms. The van der Waals surface area contributed by atoms with Gasteiger partial charge in [-0.25, -0.2) is 14.8 Å². The SMILES string of the molecule is C.COC(=O)c1nc(C)c2c(Oc3ccccc3)cccc2c1O.Cc1nc(C(=O)NCC(=O)O)c(O)c2cccc(Oc3ccccc3)c12.NCC(=O)O. The number of nitrogens with zero attached hydrogens (tertiary/aromatic N) is 2. The van der Waals surface area contributed by atoms with Crippen LogP contribution in [0.2, 0.25) is 0 Å². The molecule has 0 aliphatic heterocycles. The summed E-state index contributed by atoms with van der Waals surface area (Å²) in [6.45, 7) is 2.61. The van der Waals surface area contributed by atoms with Gasteiger partial charge in [0, 0.05) is 21.5 Å². The van der Waals surface area contributed by atoms with Gasteiger partial charge in [0.05, 0.1) is 25.0 Å². The first kappa shape index (κ1) is 42.2. The summed E-state index contributed by atoms with van der Waals surface area (Å²) >= 11 is 0. The van der Waals surface area contributed by atoms with Crippen LogP contribution in [-0.4, -0.2) is 74.4 Å². The lowest BCUT2D eigenvalue weighted by atomic mass is 10.1. The van der Waals surface area contributed by atoms with Crippen LogP contribution in [0.1, 0.15) is 39.8 Å². The number of carboxylic acid groups (broad SMARTS) is 2. The molecule has 2 aromatic heterocycles. The number of hydrogen-bond donors (Lipinski definition) is 6. The number of aliphatic carboxylic acids is 2. The number of pyridine rings is 2. The first-order chi connectivity index (χ1) is 25.9. The summed E-state index contributed by atoms with van der Waals surface area (Å²) in [5.41, 5.74) is 5.29. The zero-order valence-corrected chi connectivity index (χ0v) is 29.3. The maximum absolute atomic E-state index is 12.1. The van der Waals surface area contributed by atoms with E-state index in [0.717, 1.165) is 0 Å². The van der Waals surface area contributed by atoms with Gasteiger partial charge in [-0.15, -0.1) is 0 Å². The van der Waals surface area contributed by atoms with Crippen molar-refractivity contribution in [3.8, 4) is 34.5 Å². The van der Waals surface area contributed by atoms with Gasteiger partial charge in [0.25, 0.3) is 5.91 Å². The van der Waals surface area contributed by atoms with Gasteiger partial charge >= 0.3 is 17.9 Å². The molecule has 0 fully saturated rings. The van der Waals surface area contributed by atoms with E-state index in [1.807, 2.05) is 48.5 Å². The lowest BCUT2D eigenvalue weighted by Crippen LogP contribution is -2.30. The Kier molecular flexibility index (Phi) is 15.0. The van der Waals surface area contributed by atoms with E-state index in [2.05, 4.69) is 25.8 Å². The van der Waals surface area contributed by atoms with Gasteiger partial charge in [0.2, 0.25) is 0 Å². The number of para-hydroxylation sites is 2. The van der Waals surface area contributed by atoms with E-state index in [4.69, 9.17) is 19.7 Å². The first-order valence-corrected chi connectivity index (χ1v) is 16.1. The van der Waals surface area contributed by atoms with Crippen molar-refractivity contribution >= 4 is 45.4 Å². The Morgan fingerprint density at radius 3 is 1.47 bits per heavy atom. The lowest BCUT2D eigenvalue weighted by molar-refractivity contribution is -0.136. The lowest BCUT2D eigenvalue weighted by Gasteiger charge is -2.13. The second-order valence-corrected chi connectivity index (χ2v) is 11.1. The van der Waals surface area contributed by atoms with Gasteiger partial charge in [-0.2, -0.15) is 0 Å². The average Bonchev–Trinajstić information content (AvgIpc) is 3.17. The van der Waals surface area contributed by atoms with Crippen molar-refractivity contribution < 1.29 is 53.8 Å². The van der Waals surface area contributed by atoms with Crippen molar-refractivity contribution in [2.75, 3.05) is 20.2 Å². The van der Waals surface area contributed by atoms with E-state index in [-0.39, 0.29) is 36.9 Å². The molecule has 0 aliphatic rings. The zero-order valence-electron chi connectivity index (χ0n) is 29.3. The summed E-state index contributed by atoms with van der Waals surface area (Å²) in [6.07, 6.45) is 0. The number of hydrogen-bond acceptors (Lipinski definition) is 12. The molecule has 6 aromatic rings. The number of aryl methyl sites for hydroxylation is 2. The minimum atomic E-state index is -1.19. The van der Waals surface area contributed by atoms with Gasteiger partial charge in [-0.05, 0) is 50.2 Å². The molecule has 0 spiro atoms. The van der Waals surface area contributed by atoms with E-state index in [9.17, 15) is 29.4 Å². The molecule has 15 heteroatoms. The van der Waals surface area contributed by atoms with Crippen LogP contribution in [0.4, 0.5) is 0 Å². The second-order valence-electron chi connectivity index (χ2n) is 11.1. The van der Waals surface area contributed by atoms with E-state index < -0.39 is 30.4 Å². The molecule has 4 aromatic carbocycles. The smallest absolute Gasteiger partial charge is 0.360 e. The van der Waals surface area contributed by atoms with Crippen molar-refractivity contribution in [2.45, 2.75) is 21.3 Å². The molecule has 0 unspecified atom stereocenters. The normalized spacial score (nSPS) is 10.0. The predicted molar refractivity (Wildman–Crippen MR) is 204 cm³/mol. The van der Waals surface area contributed by atoms with Gasteiger partial charge in [-0.1, -0.05) is 68.1 Å². The van der Waals surface area contributed by atoms with Crippen molar-refractivity contribution in [1.82, 2.24) is 15.3 Å². The number of aromatic hydroxyl groups is 2. The van der Waals surface area contributed by atoms with Crippen molar-refractivity contribution in [3.05, 3.63) is 120 Å². The fraction of sp³-hybridized carbons (Fsp3) is 0.150. The van der Waals surface area contributed by atoms with Gasteiger partial charge in [0.15, 0.2) is 22.9 Å². The number of amides is 1. The largest absolute Gasteiger partial charge is 0.505 e. The highest BCUT2D eigenvalue weighted by atomic mass is 16.5. The molecule has 0 saturated carbocycles. The van der Waals surface area contributed by atoms with E-state index in [1.54, 1.807) is 62.4 Å². The molecule has 55 heavy (non-hydrogen) atoms. The van der Waals surface area contributed by atoms with Crippen LogP contribution in [0.5, 0.6) is 34.5 Å². The minimum Gasteiger partial charge on any atom is -0.505 e. The van der Waals surface area contributed by atoms with Crippen LogP contribution in [0.25, 0.3) is 21.5 Å². The number of ether oxygens (including phenoxy) is 3. The van der Waals surface area contributed by atoms with Crippen molar-refractivity contribution in [1.29, 1.82) is 0 Å². The Labute approximate surface area is 315 Å². The average molecular weight is 753 g/mol. The predicted octanol–water partition coefficient (Wildman–Crippen LogP) is 6.35. The number of methoxy groups -OCH3 is 1. The highest BCUT2D eigenvalue weighted by Crippen LogP contribution is 2.38. The third-order valence-electron chi connectivity index (χ3n) is 7.40. The molecule has 2 heterocycles. The maximum Gasteiger partial charge on any atom is 0.360 e. The van der Waals surface area contributed by atoms with E-state index in [0.29, 0.717) is 55.9 Å². The second kappa shape index (κ2) is 19.5. The number of aromatic nitrogens is 2. The standard InChI is InChI=1S/C19H16N2O5.C18H15NO4.C2H5NO2.CH4/c1-11-16-13(18(24)17(21-11)19(25)20-10-15(22)23)8-5-9-14(16)26-12-6-3-2-4-7-12;1-11-15-13(17(20)16(19-11)18(21)22-2)9-6-10-14(15)23-12-7-4-3-5-8-12;3-1-2(4)5;/h2-9,24H,10H2,1H3,(H,20,25)(H,22,23);3-10,20H,1-2H3;1,3H2,(H,4,5);1H4. The summed E-state index contributed by atoms with van der Waals surface area (Å²) in [6, 6.07) is 28.8. The van der Waals surface area contributed by atoms with Gasteiger partial charge in [-0.3, -0.25) is 14.4 Å². The highest BCUT2D eigenvalue weighted by Gasteiger charge is 2.22. The fourth-order valence-electron chi connectivity index (χ4n) is 5.05. The van der Waals surface area contributed by atoms with Crippen LogP contribution in [0, 0.1) is 13.8 Å². The Balaban J connectivity index is 0.000000260. The Bertz CT molecular complexity index is 2300. The summed E-state index contributed by atoms with van der Waals surface area (Å²) in [5, 5.41) is 41.4. The Hall–Kier alpha value is -7.26. The van der Waals surface area contributed by atoms with Crippen LogP contribution >= 0.6 is 0 Å². The molecule has 0 aliphatic carbocycles. The Morgan fingerprint density at radius 1 is 0.655 bits per heavy atom. The summed E-state index contributed by atoms with van der Waals surface area (Å²) in [5.74, 6) is -1.77. The zero-order chi connectivity index (χ0) is 39.4. The molecule has 1 amide bonds. The number of carbonyl (C=O) groups is 4. The monoisotopic (exact) mass is 752 g/mol. The molecular weight excluding hydrogens is 712 g/mol. The Morgan fingerprint density at radius 2 is 1.07 bits per heavy atom. The van der Waals surface area contributed by atoms with Crippen LogP contribution in [-0.2, 0) is 14.3 Å². The molecular formula is C40H40N4O11. The summed E-state index contributed by atoms with van der Waals surface area (Å²) in [4.78, 5) is 52.0. The number of nitrogens with one attached hydrogen (secondary N) is 1. The molecule has 7 N–H and O–H groups in total. The molecule has 0 atom stereocenters. The topological polar surface area (TPSA) is 241 Å². The number of fused-ring (bicyclic) bond motifs is 2. The number of benzene rings is 4. The van der Waals surface area contributed by atoms with Gasteiger partial charge < -0.3 is 45.7 Å². The van der Waals surface area contributed by atoms with E-state index in [1.165, 1.54) is 7.11 Å². The summed E-state index contributed by atoms with van der Waals surface area (Å²) < 4.78 is 16.4. The third kappa shape index (κ3) is 10.6. The molecule has 286 valence electrons.